The number of carboxylic acids is 1. The first-order valence-electron chi connectivity index (χ1n) is 11.9. The van der Waals surface area contributed by atoms with Gasteiger partial charge in [0, 0.05) is 17.8 Å². The van der Waals surface area contributed by atoms with Crippen molar-refractivity contribution >= 4 is 45.7 Å². The molecule has 0 spiro atoms. The zero-order chi connectivity index (χ0) is 27.7. The minimum atomic E-state index is -4.87. The maximum atomic E-state index is 14.5. The summed E-state index contributed by atoms with van der Waals surface area (Å²) >= 11 is 6.56. The van der Waals surface area contributed by atoms with E-state index in [0.717, 1.165) is 37.0 Å². The summed E-state index contributed by atoms with van der Waals surface area (Å²) in [6.07, 6.45) is 1.64. The number of aromatic amines is 1. The summed E-state index contributed by atoms with van der Waals surface area (Å²) in [4.78, 5) is 15.3. The van der Waals surface area contributed by atoms with Gasteiger partial charge in [-0.05, 0) is 83.5 Å². The van der Waals surface area contributed by atoms with Gasteiger partial charge in [-0.2, -0.15) is 9.49 Å². The molecule has 2 aromatic heterocycles. The molecule has 6 nitrogen and oxygen atoms in total. The highest BCUT2D eigenvalue weighted by Crippen LogP contribution is 2.47. The molecule has 1 aliphatic carbocycles. The molecule has 0 aliphatic heterocycles. The highest BCUT2D eigenvalue weighted by Gasteiger charge is 2.32. The third kappa shape index (κ3) is 5.80. The third-order valence-corrected chi connectivity index (χ3v) is 6.83. The number of halogens is 5. The van der Waals surface area contributed by atoms with Crippen LogP contribution in [0.2, 0.25) is 5.02 Å². The van der Waals surface area contributed by atoms with E-state index in [1.54, 1.807) is 36.5 Å². The second kappa shape index (κ2) is 10.5. The molecule has 5 rings (SSSR count). The maximum absolute atomic E-state index is 14.5. The van der Waals surface area contributed by atoms with Crippen LogP contribution in [-0.4, -0.2) is 32.6 Å². The molecule has 11 heteroatoms. The first kappa shape index (κ1) is 26.4. The van der Waals surface area contributed by atoms with E-state index in [2.05, 4.69) is 19.9 Å². The normalized spacial score (nSPS) is 14.9. The Morgan fingerprint density at radius 1 is 1.10 bits per heavy atom. The number of nitrogens with one attached hydrogen (secondary N) is 1. The topological polar surface area (TPSA) is 88.1 Å². The summed E-state index contributed by atoms with van der Waals surface area (Å²) < 4.78 is 56.9. The zero-order valence-corrected chi connectivity index (χ0v) is 20.9. The monoisotopic (exact) mass is 557 g/mol. The summed E-state index contributed by atoms with van der Waals surface area (Å²) in [6, 6.07) is 12.3. The molecule has 0 atom stereocenters. The van der Waals surface area contributed by atoms with Gasteiger partial charge in [-0.25, -0.2) is 4.79 Å². The van der Waals surface area contributed by atoms with Gasteiger partial charge in [0.05, 0.1) is 21.6 Å². The number of benzene rings is 2. The Bertz CT molecular complexity index is 1610. The van der Waals surface area contributed by atoms with Gasteiger partial charge in [0.1, 0.15) is 5.75 Å². The van der Waals surface area contributed by atoms with Crippen molar-refractivity contribution in [2.45, 2.75) is 25.6 Å². The maximum Gasteiger partial charge on any atom is 0.573 e. The molecule has 2 N–H and O–H groups in total. The van der Waals surface area contributed by atoms with Crippen LogP contribution in [0.25, 0.3) is 28.1 Å². The van der Waals surface area contributed by atoms with E-state index in [9.17, 15) is 22.4 Å². The predicted octanol–water partition coefficient (Wildman–Crippen LogP) is 7.51. The van der Waals surface area contributed by atoms with E-state index in [1.807, 2.05) is 0 Å². The lowest BCUT2D eigenvalue weighted by Gasteiger charge is -2.32. The zero-order valence-electron chi connectivity index (χ0n) is 20.1. The van der Waals surface area contributed by atoms with Gasteiger partial charge in [-0.1, -0.05) is 30.2 Å². The molecular weight excluding hydrogens is 538 g/mol. The summed E-state index contributed by atoms with van der Waals surface area (Å²) in [6.45, 7) is 0. The lowest BCUT2D eigenvalue weighted by molar-refractivity contribution is -0.274. The molecule has 0 unspecified atom stereocenters. The van der Waals surface area contributed by atoms with Crippen LogP contribution in [0, 0.1) is 11.9 Å². The molecule has 1 aliphatic rings. The van der Waals surface area contributed by atoms with Gasteiger partial charge in [-0.3, -0.25) is 10.1 Å². The standard InChI is InChI=1S/C28H20ClF4N3O3/c29-22-13-19(39-28(31,32)33)8-9-20(22)26(15-2-1-3-15)25(16-5-10-23-21(12-16)27(30)36-35-23)17-4-6-18(34-14-17)7-11-24(37)38/h4-15H,1-3H2,(H,35,36)(H,37,38)/b11-7+,26-25-. The number of aromatic nitrogens is 3. The molecule has 1 saturated carbocycles. The number of hydrogen-bond donors (Lipinski definition) is 2. The van der Waals surface area contributed by atoms with Crippen LogP contribution in [0.1, 0.15) is 41.6 Å². The Hall–Kier alpha value is -4.18. The number of rotatable bonds is 7. The molecule has 0 radical (unpaired) electrons. The molecule has 0 bridgehead atoms. The van der Waals surface area contributed by atoms with Crippen LogP contribution in [0.15, 0.2) is 60.8 Å². The molecule has 39 heavy (non-hydrogen) atoms. The average molecular weight is 558 g/mol. The lowest BCUT2D eigenvalue weighted by Crippen LogP contribution is -2.17. The molecule has 0 saturated heterocycles. The summed E-state index contributed by atoms with van der Waals surface area (Å²) in [5.41, 5.74) is 4.09. The fourth-order valence-electron chi connectivity index (χ4n) is 4.59. The number of H-pyrrole nitrogens is 1. The minimum absolute atomic E-state index is 0.0309. The van der Waals surface area contributed by atoms with E-state index in [0.29, 0.717) is 33.5 Å². The van der Waals surface area contributed by atoms with Crippen molar-refractivity contribution in [1.29, 1.82) is 0 Å². The Morgan fingerprint density at radius 2 is 1.87 bits per heavy atom. The van der Waals surface area contributed by atoms with Crippen molar-refractivity contribution in [3.05, 3.63) is 94.2 Å². The van der Waals surface area contributed by atoms with Crippen molar-refractivity contribution in [1.82, 2.24) is 15.2 Å². The number of alkyl halides is 3. The smallest absolute Gasteiger partial charge is 0.478 e. The number of hydrogen-bond acceptors (Lipinski definition) is 4. The number of ether oxygens (including phenoxy) is 1. The Morgan fingerprint density at radius 3 is 2.49 bits per heavy atom. The highest BCUT2D eigenvalue weighted by atomic mass is 35.5. The van der Waals surface area contributed by atoms with Gasteiger partial charge in [-0.15, -0.1) is 13.2 Å². The van der Waals surface area contributed by atoms with Crippen LogP contribution >= 0.6 is 11.6 Å². The SMILES string of the molecule is O=C(O)/C=C/c1ccc(/C(=C(\c2ccc(OC(F)(F)F)cc2Cl)C2CCC2)c2ccc3n[nH]c(F)c3c2)cn1. The van der Waals surface area contributed by atoms with Gasteiger partial charge in [0.2, 0.25) is 5.95 Å². The number of pyridine rings is 1. The van der Waals surface area contributed by atoms with Crippen molar-refractivity contribution in [3.63, 3.8) is 0 Å². The van der Waals surface area contributed by atoms with Crippen LogP contribution < -0.4 is 4.74 Å². The number of allylic oxidation sites excluding steroid dienone is 1. The number of fused-ring (bicyclic) bond motifs is 1. The third-order valence-electron chi connectivity index (χ3n) is 6.51. The van der Waals surface area contributed by atoms with Crippen molar-refractivity contribution in [2.24, 2.45) is 5.92 Å². The van der Waals surface area contributed by atoms with Crippen molar-refractivity contribution in [3.8, 4) is 5.75 Å². The van der Waals surface area contributed by atoms with E-state index < -0.39 is 24.0 Å². The number of nitrogens with zero attached hydrogens (tertiary/aromatic N) is 2. The second-order valence-corrected chi connectivity index (χ2v) is 9.43. The fourth-order valence-corrected chi connectivity index (χ4v) is 4.86. The molecule has 1 fully saturated rings. The summed E-state index contributed by atoms with van der Waals surface area (Å²) in [5, 5.41) is 15.5. The first-order valence-corrected chi connectivity index (χ1v) is 12.3. The Labute approximate surface area is 224 Å². The molecular formula is C28H20ClF4N3O3. The van der Waals surface area contributed by atoms with Gasteiger partial charge in [0.25, 0.3) is 0 Å². The van der Waals surface area contributed by atoms with Crippen molar-refractivity contribution in [2.75, 3.05) is 0 Å². The van der Waals surface area contributed by atoms with Crippen molar-refractivity contribution < 1.29 is 32.2 Å². The first-order chi connectivity index (χ1) is 18.6. The van der Waals surface area contributed by atoms with E-state index in [-0.39, 0.29) is 16.3 Å². The van der Waals surface area contributed by atoms with Gasteiger partial charge < -0.3 is 9.84 Å². The van der Waals surface area contributed by atoms with E-state index >= 15 is 0 Å². The Balaban J connectivity index is 1.73. The Kier molecular flexibility index (Phi) is 7.14. The fraction of sp³-hybridized carbons (Fsp3) is 0.179. The average Bonchev–Trinajstić information content (AvgIpc) is 3.21. The van der Waals surface area contributed by atoms with Crippen LogP contribution in [0.4, 0.5) is 17.6 Å². The largest absolute Gasteiger partial charge is 0.573 e. The van der Waals surface area contributed by atoms with Gasteiger partial charge >= 0.3 is 12.3 Å². The predicted molar refractivity (Wildman–Crippen MR) is 138 cm³/mol. The molecule has 2 heterocycles. The van der Waals surface area contributed by atoms with E-state index in [4.69, 9.17) is 16.7 Å². The number of carbonyl (C=O) groups is 1. The van der Waals surface area contributed by atoms with Crippen LogP contribution in [-0.2, 0) is 4.79 Å². The minimum Gasteiger partial charge on any atom is -0.478 e. The summed E-state index contributed by atoms with van der Waals surface area (Å²) in [7, 11) is 0. The molecule has 4 aromatic rings. The van der Waals surface area contributed by atoms with Gasteiger partial charge in [0.15, 0.2) is 0 Å². The second-order valence-electron chi connectivity index (χ2n) is 9.02. The molecule has 0 amide bonds. The number of carboxylic acid groups (broad SMARTS) is 1. The lowest BCUT2D eigenvalue weighted by atomic mass is 9.73. The van der Waals surface area contributed by atoms with Crippen LogP contribution in [0.5, 0.6) is 5.75 Å². The highest BCUT2D eigenvalue weighted by molar-refractivity contribution is 6.33. The van der Waals surface area contributed by atoms with Crippen LogP contribution in [0.3, 0.4) is 0 Å². The van der Waals surface area contributed by atoms with E-state index in [1.165, 1.54) is 18.2 Å². The molecule has 200 valence electrons. The number of aliphatic carboxylic acids is 1. The quantitative estimate of drug-likeness (QED) is 0.139. The molecule has 2 aromatic carbocycles. The summed E-state index contributed by atoms with van der Waals surface area (Å²) in [5.74, 6) is -2.13.